The van der Waals surface area contributed by atoms with E-state index in [0.717, 1.165) is 6.42 Å². The van der Waals surface area contributed by atoms with Crippen molar-refractivity contribution in [2.75, 3.05) is 18.8 Å². The number of benzene rings is 1. The average Bonchev–Trinajstić information content (AvgIpc) is 2.25. The molecule has 0 atom stereocenters. The van der Waals surface area contributed by atoms with Crippen molar-refractivity contribution in [2.24, 2.45) is 0 Å². The van der Waals surface area contributed by atoms with E-state index in [4.69, 9.17) is 5.73 Å². The highest BCUT2D eigenvalue weighted by atomic mass is 32.2. The first-order valence-corrected chi connectivity index (χ1v) is 7.81. The van der Waals surface area contributed by atoms with E-state index in [9.17, 15) is 13.5 Å². The molecule has 1 saturated heterocycles. The number of sulfonamides is 1. The van der Waals surface area contributed by atoms with E-state index in [2.05, 4.69) is 0 Å². The first kappa shape index (κ1) is 14.3. The van der Waals surface area contributed by atoms with Crippen LogP contribution < -0.4 is 5.73 Å². The molecular weight excluding hydrogens is 264 g/mol. The molecule has 0 unspecified atom stereocenters. The summed E-state index contributed by atoms with van der Waals surface area (Å²) >= 11 is 0. The summed E-state index contributed by atoms with van der Waals surface area (Å²) in [5.74, 6) is 0. The molecule has 1 fully saturated rings. The first-order chi connectivity index (χ1) is 8.78. The lowest BCUT2D eigenvalue weighted by atomic mass is 9.92. The van der Waals surface area contributed by atoms with Gasteiger partial charge in [0.1, 0.15) is 0 Å². The molecular formula is C13H20N2O3S. The van der Waals surface area contributed by atoms with Gasteiger partial charge in [-0.3, -0.25) is 0 Å². The fourth-order valence-corrected chi connectivity index (χ4v) is 4.31. The number of β-amino-alcohol motifs (C(OH)–C–C–N with tert-alkyl or cyclic N) is 1. The van der Waals surface area contributed by atoms with Crippen molar-refractivity contribution in [2.45, 2.75) is 37.2 Å². The van der Waals surface area contributed by atoms with Gasteiger partial charge in [0.15, 0.2) is 0 Å². The Bertz CT molecular complexity index is 578. The third-order valence-electron chi connectivity index (χ3n) is 3.47. The van der Waals surface area contributed by atoms with E-state index in [0.29, 0.717) is 17.7 Å². The van der Waals surface area contributed by atoms with Crippen molar-refractivity contribution in [3.63, 3.8) is 0 Å². The second-order valence-electron chi connectivity index (χ2n) is 5.27. The lowest BCUT2D eigenvalue weighted by Crippen LogP contribution is -2.63. The Balaban J connectivity index is 2.21. The molecule has 0 spiro atoms. The van der Waals surface area contributed by atoms with Crippen LogP contribution in [0.15, 0.2) is 23.1 Å². The van der Waals surface area contributed by atoms with Crippen molar-refractivity contribution in [3.05, 3.63) is 23.8 Å². The Labute approximate surface area is 114 Å². The highest BCUT2D eigenvalue weighted by Crippen LogP contribution is 2.32. The van der Waals surface area contributed by atoms with Gasteiger partial charge in [-0.05, 0) is 37.1 Å². The van der Waals surface area contributed by atoms with Crippen LogP contribution in [0.2, 0.25) is 0 Å². The second kappa shape index (κ2) is 4.77. The van der Waals surface area contributed by atoms with Gasteiger partial charge in [0.25, 0.3) is 0 Å². The summed E-state index contributed by atoms with van der Waals surface area (Å²) in [6, 6.07) is 4.75. The summed E-state index contributed by atoms with van der Waals surface area (Å²) in [5, 5.41) is 10.1. The average molecular weight is 284 g/mol. The van der Waals surface area contributed by atoms with Crippen LogP contribution in [0.5, 0.6) is 0 Å². The van der Waals surface area contributed by atoms with E-state index in [1.54, 1.807) is 19.1 Å². The molecule has 0 aromatic heterocycles. The number of nitrogens with zero attached hydrogens (tertiary/aromatic N) is 1. The maximum absolute atomic E-state index is 12.4. The third kappa shape index (κ3) is 2.61. The summed E-state index contributed by atoms with van der Waals surface area (Å²) in [7, 11) is -3.52. The van der Waals surface area contributed by atoms with Gasteiger partial charge in [0, 0.05) is 18.8 Å². The van der Waals surface area contributed by atoms with Crippen LogP contribution >= 0.6 is 0 Å². The van der Waals surface area contributed by atoms with Crippen molar-refractivity contribution < 1.29 is 13.5 Å². The Kier molecular flexibility index (Phi) is 3.59. The van der Waals surface area contributed by atoms with Crippen LogP contribution in [-0.2, 0) is 10.0 Å². The number of nitrogens with two attached hydrogens (primary N) is 1. The van der Waals surface area contributed by atoms with E-state index in [-0.39, 0.29) is 18.0 Å². The number of anilines is 1. The van der Waals surface area contributed by atoms with Gasteiger partial charge in [0.05, 0.1) is 10.5 Å². The number of rotatable bonds is 4. The van der Waals surface area contributed by atoms with E-state index in [1.807, 2.05) is 6.92 Å². The van der Waals surface area contributed by atoms with Gasteiger partial charge in [-0.25, -0.2) is 8.42 Å². The molecule has 0 saturated carbocycles. The van der Waals surface area contributed by atoms with Crippen LogP contribution in [0.4, 0.5) is 5.69 Å². The molecule has 5 nitrogen and oxygen atoms in total. The quantitative estimate of drug-likeness (QED) is 0.811. The minimum Gasteiger partial charge on any atom is -0.399 e. The predicted octanol–water partition coefficient (Wildman–Crippen LogP) is 1.11. The normalized spacial score (nSPS) is 19.1. The lowest BCUT2D eigenvalue weighted by Gasteiger charge is -2.45. The monoisotopic (exact) mass is 284 g/mol. The molecule has 1 aromatic rings. The zero-order chi connectivity index (χ0) is 14.3. The minimum atomic E-state index is -3.52. The topological polar surface area (TPSA) is 83.6 Å². The molecule has 3 N–H and O–H groups in total. The fraction of sp³-hybridized carbons (Fsp3) is 0.538. The summed E-state index contributed by atoms with van der Waals surface area (Å²) in [5.41, 5.74) is 5.94. The number of aliphatic hydroxyl groups is 1. The Hall–Kier alpha value is -1.11. The van der Waals surface area contributed by atoms with Crippen LogP contribution in [0.1, 0.15) is 25.3 Å². The molecule has 1 heterocycles. The molecule has 0 bridgehead atoms. The Morgan fingerprint density at radius 1 is 1.42 bits per heavy atom. The molecule has 19 heavy (non-hydrogen) atoms. The largest absolute Gasteiger partial charge is 0.399 e. The highest BCUT2D eigenvalue weighted by molar-refractivity contribution is 7.89. The van der Waals surface area contributed by atoms with Crippen molar-refractivity contribution in [1.29, 1.82) is 0 Å². The number of hydrogen-bond donors (Lipinski definition) is 2. The standard InChI is InChI=1S/C13H20N2O3S/c1-3-6-13(16)8-15(9-13)19(17,18)12-5-4-11(14)7-10(12)2/h4-5,7,16H,3,6,8-9,14H2,1-2H3. The van der Waals surface area contributed by atoms with Gasteiger partial charge in [0.2, 0.25) is 10.0 Å². The van der Waals surface area contributed by atoms with Crippen LogP contribution in [-0.4, -0.2) is 36.5 Å². The van der Waals surface area contributed by atoms with E-state index in [1.165, 1.54) is 10.4 Å². The summed E-state index contributed by atoms with van der Waals surface area (Å²) in [6.45, 7) is 4.04. The van der Waals surface area contributed by atoms with Crippen LogP contribution in [0.25, 0.3) is 0 Å². The molecule has 106 valence electrons. The zero-order valence-electron chi connectivity index (χ0n) is 11.3. The summed E-state index contributed by atoms with van der Waals surface area (Å²) in [4.78, 5) is 0.264. The fourth-order valence-electron chi connectivity index (χ4n) is 2.50. The molecule has 1 aromatic carbocycles. The van der Waals surface area contributed by atoms with Gasteiger partial charge >= 0.3 is 0 Å². The SMILES string of the molecule is CCCC1(O)CN(S(=O)(=O)c2ccc(N)cc2C)C1. The second-order valence-corrected chi connectivity index (χ2v) is 7.18. The molecule has 1 aliphatic heterocycles. The smallest absolute Gasteiger partial charge is 0.243 e. The van der Waals surface area contributed by atoms with Crippen molar-refractivity contribution in [3.8, 4) is 0 Å². The first-order valence-electron chi connectivity index (χ1n) is 6.37. The number of nitrogen functional groups attached to an aromatic ring is 1. The van der Waals surface area contributed by atoms with Crippen molar-refractivity contribution >= 4 is 15.7 Å². The molecule has 0 radical (unpaired) electrons. The number of aryl methyl sites for hydroxylation is 1. The van der Waals surface area contributed by atoms with E-state index >= 15 is 0 Å². The summed E-state index contributed by atoms with van der Waals surface area (Å²) in [6.07, 6.45) is 1.46. The Morgan fingerprint density at radius 2 is 2.05 bits per heavy atom. The third-order valence-corrected chi connectivity index (χ3v) is 5.43. The molecule has 0 aliphatic carbocycles. The lowest BCUT2D eigenvalue weighted by molar-refractivity contribution is -0.0653. The molecule has 6 heteroatoms. The van der Waals surface area contributed by atoms with Gasteiger partial charge < -0.3 is 10.8 Å². The molecule has 0 amide bonds. The highest BCUT2D eigenvalue weighted by Gasteiger charge is 2.46. The van der Waals surface area contributed by atoms with E-state index < -0.39 is 15.6 Å². The predicted molar refractivity (Wildman–Crippen MR) is 74.2 cm³/mol. The van der Waals surface area contributed by atoms with Crippen molar-refractivity contribution in [1.82, 2.24) is 4.31 Å². The maximum atomic E-state index is 12.4. The van der Waals surface area contributed by atoms with Crippen LogP contribution in [0, 0.1) is 6.92 Å². The maximum Gasteiger partial charge on any atom is 0.243 e. The zero-order valence-corrected chi connectivity index (χ0v) is 12.1. The molecule has 2 rings (SSSR count). The summed E-state index contributed by atoms with van der Waals surface area (Å²) < 4.78 is 26.1. The van der Waals surface area contributed by atoms with Gasteiger partial charge in [-0.15, -0.1) is 0 Å². The molecule has 1 aliphatic rings. The Morgan fingerprint density at radius 3 is 2.58 bits per heavy atom. The minimum absolute atomic E-state index is 0.174. The van der Waals surface area contributed by atoms with Gasteiger partial charge in [-0.1, -0.05) is 13.3 Å². The van der Waals surface area contributed by atoms with Crippen LogP contribution in [0.3, 0.4) is 0 Å². The van der Waals surface area contributed by atoms with Gasteiger partial charge in [-0.2, -0.15) is 4.31 Å². The number of hydrogen-bond acceptors (Lipinski definition) is 4.